The van der Waals surface area contributed by atoms with Gasteiger partial charge in [-0.05, 0) is 48.9 Å². The van der Waals surface area contributed by atoms with Gasteiger partial charge in [0.1, 0.15) is 5.75 Å². The quantitative estimate of drug-likeness (QED) is 0.515. The van der Waals surface area contributed by atoms with Gasteiger partial charge in [-0.25, -0.2) is 9.37 Å². The standard InChI is InChI=1S/C21H21FN2O3S/c1-3-4-11-27-16-8-5-14(6-9-16)20(25)24-21-23-18(13-28-21)15-7-10-19(26-2)17(22)12-15/h5-10,12-13H,3-4,11H2,1-2H3,(H,23,24,25). The van der Waals surface area contributed by atoms with Gasteiger partial charge in [-0.2, -0.15) is 0 Å². The van der Waals surface area contributed by atoms with Crippen LogP contribution in [-0.2, 0) is 0 Å². The van der Waals surface area contributed by atoms with Gasteiger partial charge in [0.2, 0.25) is 0 Å². The van der Waals surface area contributed by atoms with Crippen LogP contribution in [0.25, 0.3) is 11.3 Å². The van der Waals surface area contributed by atoms with Gasteiger partial charge >= 0.3 is 0 Å². The summed E-state index contributed by atoms with van der Waals surface area (Å²) in [4.78, 5) is 16.8. The molecule has 3 rings (SSSR count). The number of carbonyl (C=O) groups excluding carboxylic acids is 1. The third-order valence-corrected chi connectivity index (χ3v) is 4.81. The SMILES string of the molecule is CCCCOc1ccc(C(=O)Nc2nc(-c3ccc(OC)c(F)c3)cs2)cc1. The maximum atomic E-state index is 13.9. The molecule has 3 aromatic rings. The highest BCUT2D eigenvalue weighted by molar-refractivity contribution is 7.14. The first-order valence-corrected chi connectivity index (χ1v) is 9.82. The number of thiazole rings is 1. The van der Waals surface area contributed by atoms with Crippen molar-refractivity contribution in [1.82, 2.24) is 4.98 Å². The first kappa shape index (κ1) is 19.8. The molecule has 0 aliphatic carbocycles. The molecule has 0 aliphatic heterocycles. The second-order valence-corrected chi connectivity index (χ2v) is 6.93. The minimum absolute atomic E-state index is 0.176. The van der Waals surface area contributed by atoms with Crippen LogP contribution in [0.3, 0.4) is 0 Å². The van der Waals surface area contributed by atoms with Crippen molar-refractivity contribution >= 4 is 22.4 Å². The molecule has 7 heteroatoms. The number of hydrogen-bond acceptors (Lipinski definition) is 5. The van der Waals surface area contributed by atoms with E-state index in [1.54, 1.807) is 41.8 Å². The Morgan fingerprint density at radius 3 is 2.68 bits per heavy atom. The van der Waals surface area contributed by atoms with Crippen molar-refractivity contribution in [2.24, 2.45) is 0 Å². The number of amides is 1. The number of nitrogens with zero attached hydrogens (tertiary/aromatic N) is 1. The van der Waals surface area contributed by atoms with E-state index < -0.39 is 5.82 Å². The van der Waals surface area contributed by atoms with Gasteiger partial charge in [0, 0.05) is 16.5 Å². The van der Waals surface area contributed by atoms with Gasteiger partial charge < -0.3 is 9.47 Å². The van der Waals surface area contributed by atoms with Crippen molar-refractivity contribution in [3.8, 4) is 22.8 Å². The normalized spacial score (nSPS) is 10.5. The highest BCUT2D eigenvalue weighted by atomic mass is 32.1. The summed E-state index contributed by atoms with van der Waals surface area (Å²) in [5, 5.41) is 4.98. The predicted octanol–water partition coefficient (Wildman–Crippen LogP) is 5.39. The fraction of sp³-hybridized carbons (Fsp3) is 0.238. The highest BCUT2D eigenvalue weighted by Crippen LogP contribution is 2.28. The number of nitrogens with one attached hydrogen (secondary N) is 1. The van der Waals surface area contributed by atoms with E-state index in [4.69, 9.17) is 9.47 Å². The lowest BCUT2D eigenvalue weighted by molar-refractivity contribution is 0.102. The average molecular weight is 400 g/mol. The molecule has 0 aliphatic rings. The Labute approximate surface area is 167 Å². The third kappa shape index (κ3) is 4.86. The van der Waals surface area contributed by atoms with Gasteiger partial charge in [0.25, 0.3) is 5.91 Å². The zero-order valence-corrected chi connectivity index (χ0v) is 16.5. The molecule has 1 heterocycles. The Balaban J connectivity index is 1.64. The number of unbranched alkanes of at least 4 members (excludes halogenated alkanes) is 1. The van der Waals surface area contributed by atoms with Gasteiger partial charge in [-0.3, -0.25) is 10.1 Å². The van der Waals surface area contributed by atoms with Gasteiger partial charge in [-0.15, -0.1) is 11.3 Å². The molecule has 0 bridgehead atoms. The fourth-order valence-electron chi connectivity index (χ4n) is 2.50. The second-order valence-electron chi connectivity index (χ2n) is 6.07. The van der Waals surface area contributed by atoms with E-state index >= 15 is 0 Å². The van der Waals surface area contributed by atoms with E-state index in [2.05, 4.69) is 17.2 Å². The topological polar surface area (TPSA) is 60.5 Å². The Hall–Kier alpha value is -2.93. The summed E-state index contributed by atoms with van der Waals surface area (Å²) in [6, 6.07) is 11.6. The average Bonchev–Trinajstić information content (AvgIpc) is 3.17. The van der Waals surface area contributed by atoms with Crippen LogP contribution in [0, 0.1) is 5.82 Å². The molecular formula is C21H21FN2O3S. The summed E-state index contributed by atoms with van der Waals surface area (Å²) >= 11 is 1.28. The number of hydrogen-bond donors (Lipinski definition) is 1. The molecular weight excluding hydrogens is 379 g/mol. The summed E-state index contributed by atoms with van der Waals surface area (Å²) in [5.74, 6) is 0.194. The summed E-state index contributed by atoms with van der Waals surface area (Å²) in [6.07, 6.45) is 2.06. The largest absolute Gasteiger partial charge is 0.494 e. The monoisotopic (exact) mass is 400 g/mol. The van der Waals surface area contributed by atoms with Crippen LogP contribution in [0.4, 0.5) is 9.52 Å². The number of methoxy groups -OCH3 is 1. The van der Waals surface area contributed by atoms with E-state index in [9.17, 15) is 9.18 Å². The minimum atomic E-state index is -0.458. The number of ether oxygens (including phenoxy) is 2. The van der Waals surface area contributed by atoms with E-state index in [0.717, 1.165) is 18.6 Å². The lowest BCUT2D eigenvalue weighted by atomic mass is 10.1. The Kier molecular flexibility index (Phi) is 6.60. The van der Waals surface area contributed by atoms with E-state index in [0.29, 0.717) is 28.6 Å². The first-order valence-electron chi connectivity index (χ1n) is 8.94. The smallest absolute Gasteiger partial charge is 0.257 e. The zero-order chi connectivity index (χ0) is 19.9. The molecule has 0 radical (unpaired) electrons. The molecule has 0 spiro atoms. The van der Waals surface area contributed by atoms with Crippen molar-refractivity contribution < 1.29 is 18.7 Å². The van der Waals surface area contributed by atoms with Crippen LogP contribution < -0.4 is 14.8 Å². The highest BCUT2D eigenvalue weighted by Gasteiger charge is 2.12. The van der Waals surface area contributed by atoms with Crippen molar-refractivity contribution in [2.75, 3.05) is 19.0 Å². The molecule has 0 atom stereocenters. The van der Waals surface area contributed by atoms with Crippen molar-refractivity contribution in [2.45, 2.75) is 19.8 Å². The maximum Gasteiger partial charge on any atom is 0.257 e. The predicted molar refractivity (Wildman–Crippen MR) is 109 cm³/mol. The van der Waals surface area contributed by atoms with Crippen LogP contribution in [-0.4, -0.2) is 24.6 Å². The van der Waals surface area contributed by atoms with Crippen molar-refractivity contribution in [3.63, 3.8) is 0 Å². The van der Waals surface area contributed by atoms with Crippen molar-refractivity contribution in [1.29, 1.82) is 0 Å². The lowest BCUT2D eigenvalue weighted by Gasteiger charge is -2.06. The number of benzene rings is 2. The molecule has 146 valence electrons. The number of aromatic nitrogens is 1. The van der Waals surface area contributed by atoms with Gasteiger partial charge in [0.15, 0.2) is 16.7 Å². The summed E-state index contributed by atoms with van der Waals surface area (Å²) in [6.45, 7) is 2.77. The molecule has 5 nitrogen and oxygen atoms in total. The molecule has 28 heavy (non-hydrogen) atoms. The molecule has 1 amide bonds. The summed E-state index contributed by atoms with van der Waals surface area (Å²) in [5.41, 5.74) is 1.71. The van der Waals surface area contributed by atoms with Gasteiger partial charge in [0.05, 0.1) is 19.4 Å². The Morgan fingerprint density at radius 2 is 2.00 bits per heavy atom. The van der Waals surface area contributed by atoms with Crippen LogP contribution in [0.5, 0.6) is 11.5 Å². The molecule has 1 N–H and O–H groups in total. The fourth-order valence-corrected chi connectivity index (χ4v) is 3.21. The van der Waals surface area contributed by atoms with Crippen LogP contribution in [0.15, 0.2) is 47.8 Å². The molecule has 0 fully saturated rings. The van der Waals surface area contributed by atoms with Crippen LogP contribution in [0.2, 0.25) is 0 Å². The lowest BCUT2D eigenvalue weighted by Crippen LogP contribution is -2.11. The first-order chi connectivity index (χ1) is 13.6. The third-order valence-electron chi connectivity index (χ3n) is 4.06. The minimum Gasteiger partial charge on any atom is -0.494 e. The van der Waals surface area contributed by atoms with Crippen LogP contribution >= 0.6 is 11.3 Å². The Morgan fingerprint density at radius 1 is 1.21 bits per heavy atom. The molecule has 0 unspecified atom stereocenters. The number of rotatable bonds is 8. The molecule has 1 aromatic heterocycles. The molecule has 2 aromatic carbocycles. The second kappa shape index (κ2) is 9.32. The van der Waals surface area contributed by atoms with Crippen LogP contribution in [0.1, 0.15) is 30.1 Å². The van der Waals surface area contributed by atoms with E-state index in [1.165, 1.54) is 24.5 Å². The number of carbonyl (C=O) groups is 1. The zero-order valence-electron chi connectivity index (χ0n) is 15.7. The van der Waals surface area contributed by atoms with E-state index in [-0.39, 0.29) is 11.7 Å². The molecule has 0 saturated heterocycles. The number of anilines is 1. The van der Waals surface area contributed by atoms with Gasteiger partial charge in [-0.1, -0.05) is 13.3 Å². The molecule has 0 saturated carbocycles. The summed E-state index contributed by atoms with van der Waals surface area (Å²) < 4.78 is 24.4. The number of halogens is 1. The van der Waals surface area contributed by atoms with Crippen molar-refractivity contribution in [3.05, 3.63) is 59.2 Å². The Bertz CT molecular complexity index is 941. The maximum absolute atomic E-state index is 13.9. The van der Waals surface area contributed by atoms with E-state index in [1.807, 2.05) is 0 Å². The summed E-state index contributed by atoms with van der Waals surface area (Å²) in [7, 11) is 1.42.